The van der Waals surface area contributed by atoms with E-state index >= 15 is 0 Å². The average Bonchev–Trinajstić information content (AvgIpc) is 3.15. The molecule has 1 aromatic carbocycles. The van der Waals surface area contributed by atoms with E-state index in [0.29, 0.717) is 17.9 Å². The molecule has 1 amide bonds. The third-order valence-electron chi connectivity index (χ3n) is 4.54. The molecule has 1 unspecified atom stereocenters. The first-order valence-corrected chi connectivity index (χ1v) is 8.63. The number of nitrogens with one attached hydrogen (secondary N) is 2. The smallest absolute Gasteiger partial charge is 0.254 e. The van der Waals surface area contributed by atoms with Crippen LogP contribution in [-0.4, -0.2) is 50.6 Å². The molecule has 3 heterocycles. The lowest BCUT2D eigenvalue weighted by molar-refractivity contribution is 0.0634. The monoisotopic (exact) mass is 420 g/mol. The van der Waals surface area contributed by atoms with E-state index in [0.717, 1.165) is 30.0 Å². The summed E-state index contributed by atoms with van der Waals surface area (Å²) in [4.78, 5) is 23.7. The van der Waals surface area contributed by atoms with Crippen LogP contribution in [0.25, 0.3) is 11.4 Å². The van der Waals surface area contributed by atoms with Gasteiger partial charge in [-0.05, 0) is 30.7 Å². The lowest BCUT2D eigenvalue weighted by Crippen LogP contribution is -2.48. The Labute approximate surface area is 175 Å². The quantitative estimate of drug-likeness (QED) is 0.679. The van der Waals surface area contributed by atoms with Crippen LogP contribution in [0.5, 0.6) is 0 Å². The second-order valence-electron chi connectivity index (χ2n) is 6.33. The zero-order chi connectivity index (χ0) is 17.9. The number of halogens is 2. The highest BCUT2D eigenvalue weighted by atomic mass is 35.5. The molecular weight excluding hydrogens is 399 g/mol. The van der Waals surface area contributed by atoms with Crippen molar-refractivity contribution in [2.24, 2.45) is 0 Å². The fraction of sp³-hybridized carbons (Fsp3) is 0.263. The number of piperazine rings is 1. The molecule has 7 nitrogen and oxygen atoms in total. The fourth-order valence-electron chi connectivity index (χ4n) is 3.25. The summed E-state index contributed by atoms with van der Waals surface area (Å²) in [6, 6.07) is 11.4. The lowest BCUT2D eigenvalue weighted by Gasteiger charge is -2.36. The van der Waals surface area contributed by atoms with Crippen molar-refractivity contribution in [1.82, 2.24) is 30.4 Å². The highest BCUT2D eigenvalue weighted by Crippen LogP contribution is 2.25. The number of hydrogen-bond acceptors (Lipinski definition) is 5. The molecule has 0 spiro atoms. The van der Waals surface area contributed by atoms with Gasteiger partial charge in [-0.15, -0.1) is 24.8 Å². The van der Waals surface area contributed by atoms with Gasteiger partial charge < -0.3 is 10.2 Å². The van der Waals surface area contributed by atoms with Gasteiger partial charge in [0.1, 0.15) is 5.82 Å². The zero-order valence-corrected chi connectivity index (χ0v) is 17.0. The number of nitrogens with zero attached hydrogens (tertiary/aromatic N) is 4. The second kappa shape index (κ2) is 9.64. The number of H-pyrrole nitrogens is 1. The van der Waals surface area contributed by atoms with Crippen LogP contribution in [0.15, 0.2) is 48.8 Å². The normalized spacial score (nSPS) is 16.0. The van der Waals surface area contributed by atoms with E-state index in [1.54, 1.807) is 6.20 Å². The van der Waals surface area contributed by atoms with Crippen LogP contribution in [0.2, 0.25) is 0 Å². The molecule has 1 saturated heterocycles. The summed E-state index contributed by atoms with van der Waals surface area (Å²) in [7, 11) is 0. The minimum absolute atomic E-state index is 0. The first kappa shape index (κ1) is 21.8. The minimum Gasteiger partial charge on any atom is -0.329 e. The van der Waals surface area contributed by atoms with Crippen molar-refractivity contribution in [3.63, 3.8) is 0 Å². The van der Waals surface area contributed by atoms with Crippen molar-refractivity contribution >= 4 is 30.7 Å². The molecule has 2 aromatic heterocycles. The maximum Gasteiger partial charge on any atom is 0.254 e. The van der Waals surface area contributed by atoms with Crippen LogP contribution in [-0.2, 0) is 0 Å². The SMILES string of the molecule is Cc1nc(-c2cccc(C(=O)N3CCNCC3c3cccnc3)c2)n[nH]1.Cl.Cl. The number of aryl methyl sites for hydroxylation is 1. The Morgan fingerprint density at radius 1 is 1.21 bits per heavy atom. The number of benzene rings is 1. The minimum atomic E-state index is -0.0284. The molecular formula is C19H22Cl2N6O. The van der Waals surface area contributed by atoms with E-state index < -0.39 is 0 Å². The van der Waals surface area contributed by atoms with Crippen LogP contribution in [0, 0.1) is 6.92 Å². The molecule has 2 N–H and O–H groups in total. The van der Waals surface area contributed by atoms with Gasteiger partial charge in [-0.3, -0.25) is 14.9 Å². The van der Waals surface area contributed by atoms with Gasteiger partial charge in [0.2, 0.25) is 0 Å². The third-order valence-corrected chi connectivity index (χ3v) is 4.54. The summed E-state index contributed by atoms with van der Waals surface area (Å²) >= 11 is 0. The molecule has 0 bridgehead atoms. The van der Waals surface area contributed by atoms with E-state index in [9.17, 15) is 4.79 Å². The summed E-state index contributed by atoms with van der Waals surface area (Å²) in [5.74, 6) is 1.35. The summed E-state index contributed by atoms with van der Waals surface area (Å²) in [5, 5.41) is 10.4. The van der Waals surface area contributed by atoms with Crippen LogP contribution in [0.1, 0.15) is 27.8 Å². The predicted octanol–water partition coefficient (Wildman–Crippen LogP) is 2.81. The largest absolute Gasteiger partial charge is 0.329 e. The molecule has 28 heavy (non-hydrogen) atoms. The van der Waals surface area contributed by atoms with Gasteiger partial charge in [0, 0.05) is 43.2 Å². The molecule has 1 aliphatic rings. The standard InChI is InChI=1S/C19H20N6O.2ClH/c1-13-22-18(24-23-13)14-4-2-5-15(10-14)19(26)25-9-8-21-12-17(25)16-6-3-7-20-11-16;;/h2-7,10-11,17,21H,8-9,12H2,1H3,(H,22,23,24);2*1H. The first-order chi connectivity index (χ1) is 12.7. The van der Waals surface area contributed by atoms with Crippen molar-refractivity contribution < 1.29 is 4.79 Å². The number of aromatic amines is 1. The second-order valence-corrected chi connectivity index (χ2v) is 6.33. The molecule has 148 valence electrons. The van der Waals surface area contributed by atoms with E-state index in [4.69, 9.17) is 0 Å². The van der Waals surface area contributed by atoms with Crippen molar-refractivity contribution in [3.8, 4) is 11.4 Å². The number of amides is 1. The maximum atomic E-state index is 13.2. The molecule has 3 aromatic rings. The van der Waals surface area contributed by atoms with Gasteiger partial charge in [-0.25, -0.2) is 4.98 Å². The van der Waals surface area contributed by atoms with Crippen molar-refractivity contribution in [3.05, 3.63) is 65.7 Å². The number of carbonyl (C=O) groups is 1. The highest BCUT2D eigenvalue weighted by molar-refractivity contribution is 5.95. The van der Waals surface area contributed by atoms with Gasteiger partial charge in [0.25, 0.3) is 5.91 Å². The summed E-state index contributed by atoms with van der Waals surface area (Å²) < 4.78 is 0. The molecule has 1 aliphatic heterocycles. The molecule has 0 aliphatic carbocycles. The Kier molecular flexibility index (Phi) is 7.51. The van der Waals surface area contributed by atoms with Gasteiger partial charge >= 0.3 is 0 Å². The topological polar surface area (TPSA) is 86.8 Å². The number of carbonyl (C=O) groups excluding carboxylic acids is 1. The van der Waals surface area contributed by atoms with Crippen LogP contribution < -0.4 is 5.32 Å². The highest BCUT2D eigenvalue weighted by Gasteiger charge is 2.28. The number of aromatic nitrogens is 4. The molecule has 1 atom stereocenters. The van der Waals surface area contributed by atoms with Gasteiger partial charge in [-0.1, -0.05) is 18.2 Å². The Hall–Kier alpha value is -2.48. The van der Waals surface area contributed by atoms with E-state index in [2.05, 4.69) is 25.5 Å². The van der Waals surface area contributed by atoms with E-state index in [-0.39, 0.29) is 36.8 Å². The van der Waals surface area contributed by atoms with Crippen LogP contribution in [0.3, 0.4) is 0 Å². The average molecular weight is 421 g/mol. The van der Waals surface area contributed by atoms with Crippen molar-refractivity contribution in [1.29, 1.82) is 0 Å². The number of hydrogen-bond donors (Lipinski definition) is 2. The molecule has 9 heteroatoms. The molecule has 0 saturated carbocycles. The Morgan fingerprint density at radius 2 is 2.07 bits per heavy atom. The van der Waals surface area contributed by atoms with Crippen LogP contribution >= 0.6 is 24.8 Å². The predicted molar refractivity (Wildman–Crippen MR) is 112 cm³/mol. The fourth-order valence-corrected chi connectivity index (χ4v) is 3.25. The zero-order valence-electron chi connectivity index (χ0n) is 15.3. The summed E-state index contributed by atoms with van der Waals surface area (Å²) in [6.45, 7) is 4.01. The third kappa shape index (κ3) is 4.49. The number of pyridine rings is 1. The van der Waals surface area contributed by atoms with Gasteiger partial charge in [-0.2, -0.15) is 5.10 Å². The van der Waals surface area contributed by atoms with Gasteiger partial charge in [0.15, 0.2) is 5.82 Å². The van der Waals surface area contributed by atoms with Gasteiger partial charge in [0.05, 0.1) is 6.04 Å². The molecule has 0 radical (unpaired) electrons. The Bertz CT molecular complexity index is 918. The van der Waals surface area contributed by atoms with Crippen molar-refractivity contribution in [2.45, 2.75) is 13.0 Å². The van der Waals surface area contributed by atoms with E-state index in [1.165, 1.54) is 0 Å². The van der Waals surface area contributed by atoms with Crippen molar-refractivity contribution in [2.75, 3.05) is 19.6 Å². The summed E-state index contributed by atoms with van der Waals surface area (Å²) in [6.07, 6.45) is 3.57. The molecule has 4 rings (SSSR count). The lowest BCUT2D eigenvalue weighted by atomic mass is 10.0. The van der Waals surface area contributed by atoms with Crippen LogP contribution in [0.4, 0.5) is 0 Å². The maximum absolute atomic E-state index is 13.2. The number of rotatable bonds is 3. The Morgan fingerprint density at radius 3 is 2.79 bits per heavy atom. The van der Waals surface area contributed by atoms with E-state index in [1.807, 2.05) is 54.4 Å². The summed E-state index contributed by atoms with van der Waals surface area (Å²) in [5.41, 5.74) is 2.50. The first-order valence-electron chi connectivity index (χ1n) is 8.63. The molecule has 1 fully saturated rings. The Balaban J connectivity index is 0.00000140.